The summed E-state index contributed by atoms with van der Waals surface area (Å²) >= 11 is 13.9. The zero-order valence-corrected chi connectivity index (χ0v) is 20.0. The second-order valence-electron chi connectivity index (χ2n) is 8.11. The number of piperidine rings is 1. The molecule has 0 spiro atoms. The number of piperazine rings is 1. The summed E-state index contributed by atoms with van der Waals surface area (Å²) in [4.78, 5) is 28.1. The number of carbonyl (C=O) groups excluding carboxylic acids is 1. The summed E-state index contributed by atoms with van der Waals surface area (Å²) in [6, 6.07) is 9.65. The first kappa shape index (κ1) is 22.5. The average Bonchev–Trinajstić information content (AvgIpc) is 2.78. The van der Waals surface area contributed by atoms with Gasteiger partial charge < -0.3 is 14.7 Å². The third-order valence-corrected chi connectivity index (χ3v) is 7.26. The van der Waals surface area contributed by atoms with Gasteiger partial charge in [0.15, 0.2) is 5.16 Å². The van der Waals surface area contributed by atoms with Gasteiger partial charge in [0, 0.05) is 45.3 Å². The Morgan fingerprint density at radius 3 is 2.45 bits per heavy atom. The van der Waals surface area contributed by atoms with Gasteiger partial charge in [-0.1, -0.05) is 54.0 Å². The number of hydrogen-bond acceptors (Lipinski definition) is 6. The molecule has 1 aromatic heterocycles. The van der Waals surface area contributed by atoms with Crippen molar-refractivity contribution in [3.05, 3.63) is 40.5 Å². The number of para-hydroxylation sites is 1. The number of amides is 1. The standard InChI is InChI=1S/C22H27Cl2N5OS/c1-16-6-8-28(9-7-16)20-14-19(24)25-22(26-20)31-15-21(30)29-12-10-27(11-13-29)18-5-3-2-4-17(18)23/h2-5,14,16H,6-13,15H2,1H3. The minimum Gasteiger partial charge on any atom is -0.367 e. The van der Waals surface area contributed by atoms with E-state index in [2.05, 4.69) is 26.7 Å². The number of anilines is 2. The first-order valence-corrected chi connectivity index (χ1v) is 12.4. The van der Waals surface area contributed by atoms with E-state index in [1.54, 1.807) is 0 Å². The van der Waals surface area contributed by atoms with Gasteiger partial charge in [0.05, 0.1) is 16.5 Å². The Morgan fingerprint density at radius 1 is 1.03 bits per heavy atom. The SMILES string of the molecule is CC1CCN(c2cc(Cl)nc(SCC(=O)N3CCN(c4ccccc4Cl)CC3)n2)CC1. The summed E-state index contributed by atoms with van der Waals surface area (Å²) in [7, 11) is 0. The highest BCUT2D eigenvalue weighted by Crippen LogP contribution is 2.27. The summed E-state index contributed by atoms with van der Waals surface area (Å²) in [5, 5.41) is 1.73. The van der Waals surface area contributed by atoms with E-state index in [4.69, 9.17) is 23.2 Å². The maximum atomic E-state index is 12.8. The van der Waals surface area contributed by atoms with Crippen LogP contribution in [-0.2, 0) is 4.79 Å². The molecule has 2 aromatic rings. The molecule has 31 heavy (non-hydrogen) atoms. The zero-order valence-electron chi connectivity index (χ0n) is 17.6. The molecule has 1 aromatic carbocycles. The largest absolute Gasteiger partial charge is 0.367 e. The Kier molecular flexibility index (Phi) is 7.46. The molecule has 2 aliphatic heterocycles. The lowest BCUT2D eigenvalue weighted by Gasteiger charge is -2.36. The van der Waals surface area contributed by atoms with Crippen LogP contribution < -0.4 is 9.80 Å². The van der Waals surface area contributed by atoms with E-state index in [1.165, 1.54) is 11.8 Å². The van der Waals surface area contributed by atoms with Crippen LogP contribution in [0.2, 0.25) is 10.2 Å². The highest BCUT2D eigenvalue weighted by atomic mass is 35.5. The fourth-order valence-corrected chi connectivity index (χ4v) is 5.21. The summed E-state index contributed by atoms with van der Waals surface area (Å²) in [6.07, 6.45) is 2.31. The quantitative estimate of drug-likeness (QED) is 0.358. The normalized spacial score (nSPS) is 17.8. The van der Waals surface area contributed by atoms with E-state index in [1.807, 2.05) is 35.2 Å². The topological polar surface area (TPSA) is 52.6 Å². The second-order valence-corrected chi connectivity index (χ2v) is 9.85. The smallest absolute Gasteiger partial charge is 0.233 e. The predicted octanol–water partition coefficient (Wildman–Crippen LogP) is 4.46. The fourth-order valence-electron chi connectivity index (χ4n) is 3.97. The Hall–Kier alpha value is -1.70. The van der Waals surface area contributed by atoms with Crippen molar-refractivity contribution >= 4 is 52.4 Å². The summed E-state index contributed by atoms with van der Waals surface area (Å²) in [5.74, 6) is 2.01. The maximum absolute atomic E-state index is 12.8. The monoisotopic (exact) mass is 479 g/mol. The van der Waals surface area contributed by atoms with E-state index in [0.29, 0.717) is 29.2 Å². The Bertz CT molecular complexity index is 915. The van der Waals surface area contributed by atoms with Gasteiger partial charge in [0.2, 0.25) is 5.91 Å². The van der Waals surface area contributed by atoms with Crippen LogP contribution in [0, 0.1) is 5.92 Å². The first-order valence-electron chi connectivity index (χ1n) is 10.7. The highest BCUT2D eigenvalue weighted by molar-refractivity contribution is 7.99. The van der Waals surface area contributed by atoms with Gasteiger partial charge in [-0.15, -0.1) is 0 Å². The molecule has 0 bridgehead atoms. The fraction of sp³-hybridized carbons (Fsp3) is 0.500. The van der Waals surface area contributed by atoms with Crippen LogP contribution in [0.4, 0.5) is 11.5 Å². The molecule has 0 atom stereocenters. The minimum atomic E-state index is 0.0979. The average molecular weight is 480 g/mol. The van der Waals surface area contributed by atoms with Crippen molar-refractivity contribution in [2.75, 3.05) is 54.8 Å². The lowest BCUT2D eigenvalue weighted by Crippen LogP contribution is -2.49. The van der Waals surface area contributed by atoms with Gasteiger partial charge in [0.25, 0.3) is 0 Å². The zero-order chi connectivity index (χ0) is 21.8. The molecule has 2 saturated heterocycles. The maximum Gasteiger partial charge on any atom is 0.233 e. The van der Waals surface area contributed by atoms with Crippen LogP contribution in [0.5, 0.6) is 0 Å². The van der Waals surface area contributed by atoms with Crippen molar-refractivity contribution in [3.63, 3.8) is 0 Å². The molecule has 0 saturated carbocycles. The molecule has 9 heteroatoms. The van der Waals surface area contributed by atoms with E-state index < -0.39 is 0 Å². The summed E-state index contributed by atoms with van der Waals surface area (Å²) < 4.78 is 0. The van der Waals surface area contributed by atoms with Crippen molar-refractivity contribution in [2.45, 2.75) is 24.9 Å². The number of halogens is 2. The van der Waals surface area contributed by atoms with Gasteiger partial charge in [-0.3, -0.25) is 4.79 Å². The first-order chi connectivity index (χ1) is 15.0. The van der Waals surface area contributed by atoms with E-state index in [9.17, 15) is 4.79 Å². The number of benzene rings is 1. The van der Waals surface area contributed by atoms with Crippen molar-refractivity contribution < 1.29 is 4.79 Å². The number of rotatable bonds is 5. The molecule has 3 heterocycles. The van der Waals surface area contributed by atoms with Crippen molar-refractivity contribution in [1.29, 1.82) is 0 Å². The third kappa shape index (κ3) is 5.76. The van der Waals surface area contributed by atoms with Crippen LogP contribution in [0.25, 0.3) is 0 Å². The number of aromatic nitrogens is 2. The lowest BCUT2D eigenvalue weighted by molar-refractivity contribution is -0.128. The third-order valence-electron chi connectivity index (χ3n) is 5.92. The molecule has 0 aliphatic carbocycles. The molecular weight excluding hydrogens is 453 g/mol. The van der Waals surface area contributed by atoms with Crippen molar-refractivity contribution in [1.82, 2.24) is 14.9 Å². The van der Waals surface area contributed by atoms with E-state index in [0.717, 1.165) is 61.5 Å². The molecule has 166 valence electrons. The lowest BCUT2D eigenvalue weighted by atomic mass is 9.99. The van der Waals surface area contributed by atoms with Crippen molar-refractivity contribution in [3.8, 4) is 0 Å². The van der Waals surface area contributed by atoms with Gasteiger partial charge in [-0.25, -0.2) is 9.97 Å². The predicted molar refractivity (Wildman–Crippen MR) is 129 cm³/mol. The molecule has 4 rings (SSSR count). The molecule has 2 fully saturated rings. The summed E-state index contributed by atoms with van der Waals surface area (Å²) in [6.45, 7) is 7.14. The molecule has 2 aliphatic rings. The molecule has 0 N–H and O–H groups in total. The second kappa shape index (κ2) is 10.3. The van der Waals surface area contributed by atoms with Crippen LogP contribution in [0.15, 0.2) is 35.5 Å². The van der Waals surface area contributed by atoms with Crippen molar-refractivity contribution in [2.24, 2.45) is 5.92 Å². The van der Waals surface area contributed by atoms with Gasteiger partial charge in [-0.05, 0) is 30.9 Å². The van der Waals surface area contributed by atoms with E-state index >= 15 is 0 Å². The molecule has 6 nitrogen and oxygen atoms in total. The number of hydrogen-bond donors (Lipinski definition) is 0. The van der Waals surface area contributed by atoms with Gasteiger partial charge >= 0.3 is 0 Å². The van der Waals surface area contributed by atoms with Crippen LogP contribution >= 0.6 is 35.0 Å². The number of carbonyl (C=O) groups is 1. The van der Waals surface area contributed by atoms with Gasteiger partial charge in [0.1, 0.15) is 11.0 Å². The minimum absolute atomic E-state index is 0.0979. The number of nitrogens with zero attached hydrogens (tertiary/aromatic N) is 5. The Labute approximate surface area is 197 Å². The molecule has 1 amide bonds. The molecule has 0 radical (unpaired) electrons. The Morgan fingerprint density at radius 2 is 1.74 bits per heavy atom. The van der Waals surface area contributed by atoms with Crippen LogP contribution in [0.3, 0.4) is 0 Å². The van der Waals surface area contributed by atoms with Crippen LogP contribution in [0.1, 0.15) is 19.8 Å². The molecule has 0 unspecified atom stereocenters. The molecular formula is C22H27Cl2N5OS. The van der Waals surface area contributed by atoms with Crippen LogP contribution in [-0.4, -0.2) is 65.8 Å². The van der Waals surface area contributed by atoms with E-state index in [-0.39, 0.29) is 5.91 Å². The summed E-state index contributed by atoms with van der Waals surface area (Å²) in [5.41, 5.74) is 1.03. The Balaban J connectivity index is 1.30. The van der Waals surface area contributed by atoms with Gasteiger partial charge in [-0.2, -0.15) is 0 Å². The number of thioether (sulfide) groups is 1. The highest BCUT2D eigenvalue weighted by Gasteiger charge is 2.23.